The van der Waals surface area contributed by atoms with Crippen molar-refractivity contribution in [3.63, 3.8) is 0 Å². The maximum absolute atomic E-state index is 12.6. The van der Waals surface area contributed by atoms with Crippen LogP contribution in [0.3, 0.4) is 0 Å². The van der Waals surface area contributed by atoms with E-state index in [-0.39, 0.29) is 17.8 Å². The lowest BCUT2D eigenvalue weighted by Gasteiger charge is -2.00. The van der Waals surface area contributed by atoms with Crippen molar-refractivity contribution < 1.29 is 8.81 Å². The first-order valence-electron chi connectivity index (χ1n) is 4.31. The molecular formula is C9H9FN4O. The first-order valence-corrected chi connectivity index (χ1v) is 4.31. The number of nitrogen functional groups attached to an aromatic ring is 1. The van der Waals surface area contributed by atoms with Crippen molar-refractivity contribution in [2.24, 2.45) is 0 Å². The van der Waals surface area contributed by atoms with E-state index in [0.717, 1.165) is 5.56 Å². The Labute approximate surface area is 85.1 Å². The van der Waals surface area contributed by atoms with Crippen LogP contribution in [0.15, 0.2) is 28.7 Å². The van der Waals surface area contributed by atoms with Gasteiger partial charge in [0, 0.05) is 6.54 Å². The summed E-state index contributed by atoms with van der Waals surface area (Å²) in [7, 11) is 0. The van der Waals surface area contributed by atoms with E-state index in [0.29, 0.717) is 6.54 Å². The highest BCUT2D eigenvalue weighted by atomic mass is 19.1. The van der Waals surface area contributed by atoms with Gasteiger partial charge in [-0.15, -0.1) is 0 Å². The van der Waals surface area contributed by atoms with Gasteiger partial charge in [0.15, 0.2) is 0 Å². The van der Waals surface area contributed by atoms with Crippen LogP contribution >= 0.6 is 0 Å². The van der Waals surface area contributed by atoms with E-state index < -0.39 is 0 Å². The van der Waals surface area contributed by atoms with Crippen molar-refractivity contribution >= 4 is 12.0 Å². The summed E-state index contributed by atoms with van der Waals surface area (Å²) >= 11 is 0. The predicted octanol–water partition coefficient (Wildman–Crippen LogP) is 1.40. The van der Waals surface area contributed by atoms with Crippen LogP contribution in [0, 0.1) is 5.82 Å². The molecule has 78 valence electrons. The zero-order valence-corrected chi connectivity index (χ0v) is 7.77. The molecule has 0 radical (unpaired) electrons. The van der Waals surface area contributed by atoms with Crippen LogP contribution in [0.4, 0.5) is 16.4 Å². The third-order valence-electron chi connectivity index (χ3n) is 1.80. The Morgan fingerprint density at radius 1 is 1.27 bits per heavy atom. The smallest absolute Gasteiger partial charge is 0.317 e. The Morgan fingerprint density at radius 3 is 2.60 bits per heavy atom. The number of rotatable bonds is 3. The molecular weight excluding hydrogens is 199 g/mol. The monoisotopic (exact) mass is 208 g/mol. The number of nitrogens with two attached hydrogens (primary N) is 1. The van der Waals surface area contributed by atoms with E-state index in [2.05, 4.69) is 15.5 Å². The molecule has 0 aliphatic heterocycles. The van der Waals surface area contributed by atoms with Crippen molar-refractivity contribution in [1.82, 2.24) is 10.2 Å². The lowest BCUT2D eigenvalue weighted by atomic mass is 10.2. The summed E-state index contributed by atoms with van der Waals surface area (Å²) in [6.45, 7) is 0.474. The second-order valence-electron chi connectivity index (χ2n) is 2.93. The van der Waals surface area contributed by atoms with Gasteiger partial charge in [-0.2, -0.15) is 0 Å². The number of hydrogen-bond acceptors (Lipinski definition) is 5. The summed E-state index contributed by atoms with van der Waals surface area (Å²) in [5.41, 5.74) is 6.15. The lowest BCUT2D eigenvalue weighted by molar-refractivity contribution is 0.586. The van der Waals surface area contributed by atoms with Crippen LogP contribution in [0.2, 0.25) is 0 Å². The molecule has 1 aromatic heterocycles. The largest absolute Gasteiger partial charge is 0.390 e. The van der Waals surface area contributed by atoms with Crippen LogP contribution in [0.5, 0.6) is 0 Å². The third kappa shape index (κ3) is 2.43. The van der Waals surface area contributed by atoms with Gasteiger partial charge in [0.2, 0.25) is 0 Å². The SMILES string of the molecule is Nc1nnc(NCc2ccc(F)cc2)o1. The van der Waals surface area contributed by atoms with Gasteiger partial charge in [-0.1, -0.05) is 22.3 Å². The van der Waals surface area contributed by atoms with Crippen molar-refractivity contribution in [2.45, 2.75) is 6.54 Å². The molecule has 6 heteroatoms. The molecule has 0 bridgehead atoms. The average molecular weight is 208 g/mol. The minimum absolute atomic E-state index is 0.0107. The second kappa shape index (κ2) is 3.95. The van der Waals surface area contributed by atoms with Gasteiger partial charge in [0.1, 0.15) is 5.82 Å². The topological polar surface area (TPSA) is 77.0 Å². The number of benzene rings is 1. The molecule has 2 rings (SSSR count). The quantitative estimate of drug-likeness (QED) is 0.797. The molecule has 0 atom stereocenters. The van der Waals surface area contributed by atoms with E-state index in [9.17, 15) is 4.39 Å². The predicted molar refractivity (Wildman–Crippen MR) is 52.4 cm³/mol. The molecule has 3 N–H and O–H groups in total. The van der Waals surface area contributed by atoms with Crippen LogP contribution in [0.25, 0.3) is 0 Å². The number of aromatic nitrogens is 2. The minimum Gasteiger partial charge on any atom is -0.390 e. The Kier molecular flexibility index (Phi) is 2.49. The Morgan fingerprint density at radius 2 is 2.00 bits per heavy atom. The molecule has 1 aromatic carbocycles. The summed E-state index contributed by atoms with van der Waals surface area (Å²) in [6, 6.07) is 6.37. The molecule has 1 heterocycles. The van der Waals surface area contributed by atoms with Gasteiger partial charge >= 0.3 is 12.0 Å². The van der Waals surface area contributed by atoms with Crippen molar-refractivity contribution in [2.75, 3.05) is 11.1 Å². The normalized spacial score (nSPS) is 10.2. The Bertz CT molecular complexity index is 440. The van der Waals surface area contributed by atoms with Gasteiger partial charge in [0.25, 0.3) is 0 Å². The van der Waals surface area contributed by atoms with Gasteiger partial charge in [-0.3, -0.25) is 0 Å². The highest BCUT2D eigenvalue weighted by Gasteiger charge is 2.01. The average Bonchev–Trinajstić information content (AvgIpc) is 2.64. The summed E-state index contributed by atoms with van der Waals surface area (Å²) in [6.07, 6.45) is 0. The maximum atomic E-state index is 12.6. The fourth-order valence-corrected chi connectivity index (χ4v) is 1.09. The zero-order chi connectivity index (χ0) is 10.7. The number of nitrogens with one attached hydrogen (secondary N) is 1. The van der Waals surface area contributed by atoms with Crippen molar-refractivity contribution in [1.29, 1.82) is 0 Å². The van der Waals surface area contributed by atoms with Crippen LogP contribution in [0.1, 0.15) is 5.56 Å². The molecule has 0 amide bonds. The zero-order valence-electron chi connectivity index (χ0n) is 7.77. The maximum Gasteiger partial charge on any atom is 0.317 e. The van der Waals surface area contributed by atoms with Gasteiger partial charge in [-0.25, -0.2) is 4.39 Å². The molecule has 0 saturated heterocycles. The highest BCUT2D eigenvalue weighted by Crippen LogP contribution is 2.09. The summed E-state index contributed by atoms with van der Waals surface area (Å²) < 4.78 is 17.5. The van der Waals surface area contributed by atoms with E-state index in [1.165, 1.54) is 12.1 Å². The third-order valence-corrected chi connectivity index (χ3v) is 1.80. The summed E-state index contributed by atoms with van der Waals surface area (Å²) in [5.74, 6) is -0.263. The van der Waals surface area contributed by atoms with Crippen LogP contribution in [-0.2, 0) is 6.54 Å². The molecule has 0 saturated carbocycles. The Balaban J connectivity index is 1.96. The molecule has 2 aromatic rings. The molecule has 0 unspecified atom stereocenters. The highest BCUT2D eigenvalue weighted by molar-refractivity contribution is 5.26. The molecule has 0 fully saturated rings. The molecule has 0 aliphatic rings. The van der Waals surface area contributed by atoms with E-state index in [4.69, 9.17) is 10.2 Å². The fourth-order valence-electron chi connectivity index (χ4n) is 1.09. The number of hydrogen-bond donors (Lipinski definition) is 2. The lowest BCUT2D eigenvalue weighted by Crippen LogP contribution is -1.99. The number of halogens is 1. The Hall–Kier alpha value is -2.11. The second-order valence-corrected chi connectivity index (χ2v) is 2.93. The molecule has 15 heavy (non-hydrogen) atoms. The first-order chi connectivity index (χ1) is 7.24. The van der Waals surface area contributed by atoms with Gasteiger partial charge in [0.05, 0.1) is 0 Å². The molecule has 0 aliphatic carbocycles. The fraction of sp³-hybridized carbons (Fsp3) is 0.111. The van der Waals surface area contributed by atoms with Gasteiger partial charge < -0.3 is 15.5 Å². The summed E-state index contributed by atoms with van der Waals surface area (Å²) in [5, 5.41) is 9.96. The standard InChI is InChI=1S/C9H9FN4O/c10-7-3-1-6(2-4-7)5-12-9-14-13-8(11)15-9/h1-4H,5H2,(H2,11,13)(H,12,14). The number of anilines is 2. The minimum atomic E-state index is -0.263. The van der Waals surface area contributed by atoms with Crippen LogP contribution in [-0.4, -0.2) is 10.2 Å². The van der Waals surface area contributed by atoms with Crippen LogP contribution < -0.4 is 11.1 Å². The molecule has 0 spiro atoms. The van der Waals surface area contributed by atoms with Gasteiger partial charge in [-0.05, 0) is 17.7 Å². The number of nitrogens with zero attached hydrogens (tertiary/aromatic N) is 2. The van der Waals surface area contributed by atoms with E-state index in [1.54, 1.807) is 12.1 Å². The molecule has 5 nitrogen and oxygen atoms in total. The van der Waals surface area contributed by atoms with Crippen molar-refractivity contribution in [3.05, 3.63) is 35.6 Å². The van der Waals surface area contributed by atoms with E-state index >= 15 is 0 Å². The van der Waals surface area contributed by atoms with E-state index in [1.807, 2.05) is 0 Å². The first kappa shape index (κ1) is 9.45. The van der Waals surface area contributed by atoms with Crippen molar-refractivity contribution in [3.8, 4) is 0 Å². The summed E-state index contributed by atoms with van der Waals surface area (Å²) in [4.78, 5) is 0.